The van der Waals surface area contributed by atoms with Gasteiger partial charge in [0, 0.05) is 6.42 Å². The van der Waals surface area contributed by atoms with Gasteiger partial charge in [-0.2, -0.15) is 0 Å². The maximum Gasteiger partial charge on any atom is 0.248 e. The van der Waals surface area contributed by atoms with Crippen LogP contribution in [0.5, 0.6) is 0 Å². The van der Waals surface area contributed by atoms with Gasteiger partial charge in [-0.1, -0.05) is 6.08 Å². The Labute approximate surface area is 58.4 Å². The lowest BCUT2D eigenvalue weighted by Crippen LogP contribution is -2.28. The molecule has 1 heterocycles. The van der Waals surface area contributed by atoms with Crippen LogP contribution in [0.1, 0.15) is 6.42 Å². The van der Waals surface area contributed by atoms with Crippen LogP contribution in [0, 0.1) is 0 Å². The molecule has 0 bridgehead atoms. The Morgan fingerprint density at radius 1 is 1.40 bits per heavy atom. The fourth-order valence-corrected chi connectivity index (χ4v) is 0.806. The highest BCUT2D eigenvalue weighted by molar-refractivity contribution is 5.03. The molecule has 2 unspecified atom stereocenters. The summed E-state index contributed by atoms with van der Waals surface area (Å²) in [5.74, 6) is -3.37. The molecular formula is C6H10O4. The molecule has 0 aliphatic carbocycles. The predicted molar refractivity (Wildman–Crippen MR) is 32.9 cm³/mol. The molecule has 0 spiro atoms. The molecule has 0 aromatic carbocycles. The first-order valence-corrected chi connectivity index (χ1v) is 2.95. The minimum Gasteiger partial charge on any atom is -0.391 e. The van der Waals surface area contributed by atoms with Gasteiger partial charge in [0.1, 0.15) is 6.61 Å². The van der Waals surface area contributed by atoms with Crippen LogP contribution in [-0.2, 0) is 4.74 Å². The molecule has 1 fully saturated rings. The van der Waals surface area contributed by atoms with Gasteiger partial charge in [0.05, 0.1) is 0 Å². The van der Waals surface area contributed by atoms with E-state index in [0.29, 0.717) is 0 Å². The van der Waals surface area contributed by atoms with Gasteiger partial charge in [-0.3, -0.25) is 0 Å². The van der Waals surface area contributed by atoms with E-state index in [9.17, 15) is 0 Å². The summed E-state index contributed by atoms with van der Waals surface area (Å²) in [7, 11) is 0. The van der Waals surface area contributed by atoms with Gasteiger partial charge < -0.3 is 20.1 Å². The SMILES string of the molecule is C=CCC1(O)OC1(O)CO. The van der Waals surface area contributed by atoms with E-state index in [-0.39, 0.29) is 6.42 Å². The molecule has 0 aromatic heterocycles. The molecule has 4 heteroatoms. The van der Waals surface area contributed by atoms with Gasteiger partial charge >= 0.3 is 0 Å². The van der Waals surface area contributed by atoms with Crippen molar-refractivity contribution in [3.05, 3.63) is 12.7 Å². The highest BCUT2D eigenvalue weighted by Crippen LogP contribution is 2.45. The Balaban J connectivity index is 2.53. The van der Waals surface area contributed by atoms with Crippen molar-refractivity contribution < 1.29 is 20.1 Å². The van der Waals surface area contributed by atoms with E-state index >= 15 is 0 Å². The molecule has 4 nitrogen and oxygen atoms in total. The summed E-state index contributed by atoms with van der Waals surface area (Å²) in [6.45, 7) is 2.75. The molecule has 58 valence electrons. The molecule has 0 amide bonds. The van der Waals surface area contributed by atoms with Crippen molar-refractivity contribution in [1.29, 1.82) is 0 Å². The first-order valence-electron chi connectivity index (χ1n) is 2.95. The summed E-state index contributed by atoms with van der Waals surface area (Å²) in [4.78, 5) is 0. The van der Waals surface area contributed by atoms with Crippen molar-refractivity contribution >= 4 is 0 Å². The largest absolute Gasteiger partial charge is 0.391 e. The third-order valence-corrected chi connectivity index (χ3v) is 1.54. The van der Waals surface area contributed by atoms with E-state index < -0.39 is 18.2 Å². The molecule has 1 aliphatic heterocycles. The average Bonchev–Trinajstić information content (AvgIpc) is 2.38. The molecular weight excluding hydrogens is 136 g/mol. The summed E-state index contributed by atoms with van der Waals surface area (Å²) in [5.41, 5.74) is 0. The Kier molecular flexibility index (Phi) is 1.56. The van der Waals surface area contributed by atoms with Gasteiger partial charge in [0.15, 0.2) is 0 Å². The van der Waals surface area contributed by atoms with Gasteiger partial charge in [-0.15, -0.1) is 6.58 Å². The number of epoxide rings is 1. The van der Waals surface area contributed by atoms with Crippen molar-refractivity contribution in [3.63, 3.8) is 0 Å². The summed E-state index contributed by atoms with van der Waals surface area (Å²) >= 11 is 0. The zero-order chi connectivity index (χ0) is 7.83. The van der Waals surface area contributed by atoms with Crippen molar-refractivity contribution in [2.24, 2.45) is 0 Å². The molecule has 10 heavy (non-hydrogen) atoms. The lowest BCUT2D eigenvalue weighted by Gasteiger charge is -2.03. The number of hydrogen-bond donors (Lipinski definition) is 3. The first-order chi connectivity index (χ1) is 4.58. The Bertz CT molecular complexity index is 158. The minimum atomic E-state index is -1.76. The highest BCUT2D eigenvalue weighted by Gasteiger charge is 2.68. The van der Waals surface area contributed by atoms with Gasteiger partial charge in [-0.25, -0.2) is 0 Å². The maximum atomic E-state index is 9.14. The topological polar surface area (TPSA) is 73.2 Å². The third-order valence-electron chi connectivity index (χ3n) is 1.54. The number of rotatable bonds is 3. The highest BCUT2D eigenvalue weighted by atomic mass is 16.8. The third kappa shape index (κ3) is 0.856. The Hall–Kier alpha value is -0.420. The maximum absolute atomic E-state index is 9.14. The molecule has 0 radical (unpaired) electrons. The van der Waals surface area contributed by atoms with E-state index in [1.54, 1.807) is 0 Å². The summed E-state index contributed by atoms with van der Waals surface area (Å²) in [6, 6.07) is 0. The number of aliphatic hydroxyl groups is 3. The lowest BCUT2D eigenvalue weighted by molar-refractivity contribution is -0.0221. The fraction of sp³-hybridized carbons (Fsp3) is 0.667. The summed E-state index contributed by atoms with van der Waals surface area (Å²) < 4.78 is 4.47. The smallest absolute Gasteiger partial charge is 0.248 e. The predicted octanol–water partition coefficient (Wildman–Crippen LogP) is -1.04. The number of aliphatic hydroxyl groups excluding tert-OH is 1. The van der Waals surface area contributed by atoms with Crippen LogP contribution in [0.3, 0.4) is 0 Å². The van der Waals surface area contributed by atoms with Crippen LogP contribution >= 0.6 is 0 Å². The Morgan fingerprint density at radius 3 is 2.30 bits per heavy atom. The second-order valence-electron chi connectivity index (χ2n) is 2.32. The number of hydrogen-bond acceptors (Lipinski definition) is 4. The van der Waals surface area contributed by atoms with E-state index in [2.05, 4.69) is 11.3 Å². The second kappa shape index (κ2) is 2.03. The molecule has 1 saturated heterocycles. The molecule has 0 aromatic rings. The van der Waals surface area contributed by atoms with Gasteiger partial charge in [0.2, 0.25) is 11.6 Å². The van der Waals surface area contributed by atoms with Crippen LogP contribution in [0.25, 0.3) is 0 Å². The van der Waals surface area contributed by atoms with E-state index in [0.717, 1.165) is 0 Å². The van der Waals surface area contributed by atoms with Crippen LogP contribution in [0.4, 0.5) is 0 Å². The molecule has 1 rings (SSSR count). The monoisotopic (exact) mass is 146 g/mol. The zero-order valence-electron chi connectivity index (χ0n) is 5.45. The van der Waals surface area contributed by atoms with Crippen LogP contribution in [0.15, 0.2) is 12.7 Å². The first kappa shape index (κ1) is 7.68. The Morgan fingerprint density at radius 2 is 2.00 bits per heavy atom. The number of ether oxygens (including phenoxy) is 1. The molecule has 1 aliphatic rings. The molecule has 0 saturated carbocycles. The minimum absolute atomic E-state index is 0.115. The average molecular weight is 146 g/mol. The summed E-state index contributed by atoms with van der Waals surface area (Å²) in [6.07, 6.45) is 1.53. The van der Waals surface area contributed by atoms with E-state index in [4.69, 9.17) is 15.3 Å². The van der Waals surface area contributed by atoms with Crippen LogP contribution in [0.2, 0.25) is 0 Å². The van der Waals surface area contributed by atoms with E-state index in [1.807, 2.05) is 0 Å². The van der Waals surface area contributed by atoms with Crippen molar-refractivity contribution in [3.8, 4) is 0 Å². The van der Waals surface area contributed by atoms with Gasteiger partial charge in [-0.05, 0) is 0 Å². The summed E-state index contributed by atoms with van der Waals surface area (Å²) in [5, 5.41) is 26.6. The van der Waals surface area contributed by atoms with Crippen LogP contribution < -0.4 is 0 Å². The zero-order valence-corrected chi connectivity index (χ0v) is 5.45. The second-order valence-corrected chi connectivity index (χ2v) is 2.32. The molecule has 2 atom stereocenters. The van der Waals surface area contributed by atoms with Crippen molar-refractivity contribution in [2.75, 3.05) is 6.61 Å². The normalized spacial score (nSPS) is 45.1. The molecule has 3 N–H and O–H groups in total. The van der Waals surface area contributed by atoms with Gasteiger partial charge in [0.25, 0.3) is 0 Å². The lowest BCUT2D eigenvalue weighted by atomic mass is 10.1. The van der Waals surface area contributed by atoms with Crippen molar-refractivity contribution in [1.82, 2.24) is 0 Å². The van der Waals surface area contributed by atoms with Crippen molar-refractivity contribution in [2.45, 2.75) is 18.0 Å². The van der Waals surface area contributed by atoms with Crippen LogP contribution in [-0.4, -0.2) is 33.5 Å². The quantitative estimate of drug-likeness (QED) is 0.351. The standard InChI is InChI=1S/C6H10O4/c1-2-3-5(8)6(9,4-7)10-5/h2,7-9H,1,3-4H2. The van der Waals surface area contributed by atoms with E-state index in [1.165, 1.54) is 6.08 Å². The fourth-order valence-electron chi connectivity index (χ4n) is 0.806.